The maximum absolute atomic E-state index is 12.4. The molecule has 1 amide bonds. The SMILES string of the molecule is CC(C)(O)CCc1ccc2c(c1)NC(=O)c1cc(Cl)ccc1N2. The summed E-state index contributed by atoms with van der Waals surface area (Å²) in [7, 11) is 0. The van der Waals surface area contributed by atoms with Crippen molar-refractivity contribution in [2.24, 2.45) is 0 Å². The highest BCUT2D eigenvalue weighted by molar-refractivity contribution is 6.31. The van der Waals surface area contributed by atoms with Crippen LogP contribution in [0.5, 0.6) is 0 Å². The van der Waals surface area contributed by atoms with E-state index in [0.29, 0.717) is 17.0 Å². The summed E-state index contributed by atoms with van der Waals surface area (Å²) in [6.45, 7) is 3.58. The summed E-state index contributed by atoms with van der Waals surface area (Å²) in [4.78, 5) is 12.4. The average Bonchev–Trinajstić information content (AvgIpc) is 2.60. The molecule has 5 heteroatoms. The molecule has 23 heavy (non-hydrogen) atoms. The van der Waals surface area contributed by atoms with Crippen LogP contribution < -0.4 is 10.6 Å². The summed E-state index contributed by atoms with van der Waals surface area (Å²) in [5.41, 5.74) is 3.18. The van der Waals surface area contributed by atoms with E-state index in [1.165, 1.54) is 0 Å². The number of anilines is 3. The first-order chi connectivity index (χ1) is 10.8. The summed E-state index contributed by atoms with van der Waals surface area (Å²) >= 11 is 5.98. The van der Waals surface area contributed by atoms with Gasteiger partial charge in [0.25, 0.3) is 5.91 Å². The topological polar surface area (TPSA) is 61.4 Å². The van der Waals surface area contributed by atoms with Crippen molar-refractivity contribution < 1.29 is 9.90 Å². The van der Waals surface area contributed by atoms with Gasteiger partial charge in [0.15, 0.2) is 0 Å². The van der Waals surface area contributed by atoms with Crippen LogP contribution >= 0.6 is 11.6 Å². The Bertz CT molecular complexity index is 766. The molecule has 0 unspecified atom stereocenters. The molecule has 1 aliphatic rings. The molecular formula is C18H19ClN2O2. The number of benzene rings is 2. The van der Waals surface area contributed by atoms with Crippen LogP contribution in [0, 0.1) is 0 Å². The van der Waals surface area contributed by atoms with Crippen molar-refractivity contribution in [2.75, 3.05) is 10.6 Å². The second-order valence-corrected chi connectivity index (χ2v) is 6.90. The minimum Gasteiger partial charge on any atom is -0.390 e. The molecule has 0 saturated heterocycles. The van der Waals surface area contributed by atoms with Crippen LogP contribution in [0.1, 0.15) is 36.2 Å². The van der Waals surface area contributed by atoms with Crippen molar-refractivity contribution in [2.45, 2.75) is 32.3 Å². The van der Waals surface area contributed by atoms with Crippen LogP contribution in [-0.2, 0) is 6.42 Å². The Morgan fingerprint density at radius 1 is 1.04 bits per heavy atom. The monoisotopic (exact) mass is 330 g/mol. The van der Waals surface area contributed by atoms with Crippen LogP contribution in [0.3, 0.4) is 0 Å². The summed E-state index contributed by atoms with van der Waals surface area (Å²) < 4.78 is 0. The van der Waals surface area contributed by atoms with Gasteiger partial charge in [0.05, 0.1) is 28.2 Å². The molecular weight excluding hydrogens is 312 g/mol. The Hall–Kier alpha value is -2.04. The highest BCUT2D eigenvalue weighted by Gasteiger charge is 2.20. The lowest BCUT2D eigenvalue weighted by molar-refractivity contribution is 0.0714. The third-order valence-corrected chi connectivity index (χ3v) is 4.09. The minimum absolute atomic E-state index is 0.187. The Kier molecular flexibility index (Phi) is 4.04. The molecule has 0 saturated carbocycles. The summed E-state index contributed by atoms with van der Waals surface area (Å²) in [6, 6.07) is 11.1. The number of amides is 1. The van der Waals surface area contributed by atoms with Crippen LogP contribution in [0.2, 0.25) is 5.02 Å². The summed E-state index contributed by atoms with van der Waals surface area (Å²) in [5.74, 6) is -0.187. The van der Waals surface area contributed by atoms with E-state index in [0.717, 1.165) is 29.0 Å². The maximum atomic E-state index is 12.4. The van der Waals surface area contributed by atoms with Gasteiger partial charge in [-0.15, -0.1) is 0 Å². The average molecular weight is 331 g/mol. The molecule has 0 spiro atoms. The number of carbonyl (C=O) groups is 1. The highest BCUT2D eigenvalue weighted by Crippen LogP contribution is 2.34. The van der Waals surface area contributed by atoms with Crippen molar-refractivity contribution in [1.82, 2.24) is 0 Å². The largest absolute Gasteiger partial charge is 0.390 e. The zero-order valence-electron chi connectivity index (χ0n) is 13.1. The van der Waals surface area contributed by atoms with E-state index in [1.54, 1.807) is 32.0 Å². The molecule has 3 N–H and O–H groups in total. The van der Waals surface area contributed by atoms with Crippen LogP contribution in [0.4, 0.5) is 17.1 Å². The summed E-state index contributed by atoms with van der Waals surface area (Å²) in [5, 5.41) is 16.6. The van der Waals surface area contributed by atoms with Gasteiger partial charge in [-0.25, -0.2) is 0 Å². The van der Waals surface area contributed by atoms with Crippen LogP contribution in [-0.4, -0.2) is 16.6 Å². The highest BCUT2D eigenvalue weighted by atomic mass is 35.5. The molecule has 0 atom stereocenters. The number of nitrogens with one attached hydrogen (secondary N) is 2. The van der Waals surface area contributed by atoms with Crippen molar-refractivity contribution in [3.05, 3.63) is 52.5 Å². The zero-order valence-corrected chi connectivity index (χ0v) is 13.9. The van der Waals surface area contributed by atoms with Gasteiger partial charge in [0.1, 0.15) is 0 Å². The molecule has 1 heterocycles. The standard InChI is InChI=1S/C18H19ClN2O2/c1-18(2,23)8-7-11-3-5-15-16(9-11)21-17(22)13-10-12(19)4-6-14(13)20-15/h3-6,9-10,20,23H,7-8H2,1-2H3,(H,21,22). The number of aliphatic hydroxyl groups is 1. The number of hydrogen-bond donors (Lipinski definition) is 3. The fourth-order valence-electron chi connectivity index (χ4n) is 2.56. The number of aryl methyl sites for hydroxylation is 1. The molecule has 2 aromatic rings. The number of rotatable bonds is 3. The Balaban J connectivity index is 1.90. The lowest BCUT2D eigenvalue weighted by Gasteiger charge is -2.17. The Morgan fingerprint density at radius 2 is 1.78 bits per heavy atom. The quantitative estimate of drug-likeness (QED) is 0.784. The first kappa shape index (κ1) is 15.8. The molecule has 0 aromatic heterocycles. The molecule has 4 nitrogen and oxygen atoms in total. The minimum atomic E-state index is -0.707. The van der Waals surface area contributed by atoms with Gasteiger partial charge >= 0.3 is 0 Å². The van der Waals surface area contributed by atoms with Crippen molar-refractivity contribution >= 4 is 34.6 Å². The number of halogens is 1. The molecule has 0 fully saturated rings. The lowest BCUT2D eigenvalue weighted by atomic mass is 9.98. The second kappa shape index (κ2) is 5.87. The van der Waals surface area contributed by atoms with Gasteiger partial charge in [-0.1, -0.05) is 17.7 Å². The van der Waals surface area contributed by atoms with E-state index in [9.17, 15) is 9.90 Å². The zero-order chi connectivity index (χ0) is 16.6. The molecule has 120 valence electrons. The third kappa shape index (κ3) is 3.66. The normalized spacial score (nSPS) is 13.5. The first-order valence-electron chi connectivity index (χ1n) is 7.55. The predicted octanol–water partition coefficient (Wildman–Crippen LogP) is 4.35. The molecule has 0 radical (unpaired) electrons. The summed E-state index contributed by atoms with van der Waals surface area (Å²) in [6.07, 6.45) is 1.40. The molecule has 2 aromatic carbocycles. The first-order valence-corrected chi connectivity index (χ1v) is 7.93. The maximum Gasteiger partial charge on any atom is 0.257 e. The second-order valence-electron chi connectivity index (χ2n) is 6.46. The molecule has 0 aliphatic carbocycles. The Morgan fingerprint density at radius 3 is 2.52 bits per heavy atom. The van der Waals surface area contributed by atoms with E-state index in [-0.39, 0.29) is 5.91 Å². The molecule has 1 aliphatic heterocycles. The fourth-order valence-corrected chi connectivity index (χ4v) is 2.73. The van der Waals surface area contributed by atoms with Gasteiger partial charge in [-0.05, 0) is 62.6 Å². The van der Waals surface area contributed by atoms with Gasteiger partial charge in [0, 0.05) is 5.02 Å². The van der Waals surface area contributed by atoms with E-state index in [4.69, 9.17) is 11.6 Å². The van der Waals surface area contributed by atoms with Crippen LogP contribution in [0.15, 0.2) is 36.4 Å². The smallest absolute Gasteiger partial charge is 0.257 e. The van der Waals surface area contributed by atoms with E-state index in [2.05, 4.69) is 10.6 Å². The number of carbonyl (C=O) groups excluding carboxylic acids is 1. The lowest BCUT2D eigenvalue weighted by Crippen LogP contribution is -2.19. The van der Waals surface area contributed by atoms with Gasteiger partial charge in [-0.2, -0.15) is 0 Å². The van der Waals surface area contributed by atoms with Gasteiger partial charge in [-0.3, -0.25) is 4.79 Å². The number of fused-ring (bicyclic) bond motifs is 2. The van der Waals surface area contributed by atoms with Crippen molar-refractivity contribution in [3.63, 3.8) is 0 Å². The predicted molar refractivity (Wildman–Crippen MR) is 93.7 cm³/mol. The van der Waals surface area contributed by atoms with Crippen molar-refractivity contribution in [3.8, 4) is 0 Å². The number of hydrogen-bond acceptors (Lipinski definition) is 3. The molecule has 0 bridgehead atoms. The van der Waals surface area contributed by atoms with Gasteiger partial charge < -0.3 is 15.7 Å². The molecule has 3 rings (SSSR count). The third-order valence-electron chi connectivity index (χ3n) is 3.85. The van der Waals surface area contributed by atoms with Gasteiger partial charge in [0.2, 0.25) is 0 Å². The van der Waals surface area contributed by atoms with E-state index in [1.807, 2.05) is 18.2 Å². The van der Waals surface area contributed by atoms with Crippen LogP contribution in [0.25, 0.3) is 0 Å². The van der Waals surface area contributed by atoms with E-state index >= 15 is 0 Å². The Labute approximate surface area is 140 Å². The van der Waals surface area contributed by atoms with E-state index < -0.39 is 5.60 Å². The fraction of sp³-hybridized carbons (Fsp3) is 0.278. The van der Waals surface area contributed by atoms with Crippen molar-refractivity contribution in [1.29, 1.82) is 0 Å².